The van der Waals surface area contributed by atoms with E-state index < -0.39 is 12.2 Å². The molecule has 0 aliphatic rings. The van der Waals surface area contributed by atoms with E-state index in [1.54, 1.807) is 0 Å². The fourth-order valence-electron chi connectivity index (χ4n) is 1.87. The molecule has 0 aliphatic heterocycles. The Morgan fingerprint density at radius 2 is 1.58 bits per heavy atom. The largest absolute Gasteiger partial charge is 0.380 e. The summed E-state index contributed by atoms with van der Waals surface area (Å²) in [5.41, 5.74) is 1.20. The number of benzene rings is 1. The summed E-state index contributed by atoms with van der Waals surface area (Å²) in [6.45, 7) is 2.13. The fourth-order valence-corrected chi connectivity index (χ4v) is 1.87. The minimum absolute atomic E-state index is 0.599. The second kappa shape index (κ2) is 9.61. The van der Waals surface area contributed by atoms with E-state index in [0.717, 1.165) is 25.7 Å². The average molecular weight is 260 g/mol. The molecule has 2 N–H and O–H groups in total. The van der Waals surface area contributed by atoms with Crippen molar-refractivity contribution in [2.45, 2.75) is 57.7 Å². The second-order valence-corrected chi connectivity index (χ2v) is 4.84. The van der Waals surface area contributed by atoms with Crippen molar-refractivity contribution in [2.75, 3.05) is 0 Å². The number of aryl methyl sites for hydroxylation is 1. The minimum atomic E-state index is -0.652. The van der Waals surface area contributed by atoms with Crippen molar-refractivity contribution in [3.8, 4) is 11.8 Å². The number of unbranched alkanes of at least 4 members (excludes halogenated alkanes) is 2. The van der Waals surface area contributed by atoms with Gasteiger partial charge in [0.1, 0.15) is 12.2 Å². The Labute approximate surface area is 116 Å². The summed E-state index contributed by atoms with van der Waals surface area (Å²) in [6, 6.07) is 10.0. The van der Waals surface area contributed by atoms with Crippen LogP contribution in [0.15, 0.2) is 30.3 Å². The van der Waals surface area contributed by atoms with Crippen molar-refractivity contribution < 1.29 is 10.2 Å². The quantitative estimate of drug-likeness (QED) is 0.584. The van der Waals surface area contributed by atoms with E-state index >= 15 is 0 Å². The van der Waals surface area contributed by atoms with Crippen LogP contribution in [0.25, 0.3) is 0 Å². The van der Waals surface area contributed by atoms with Gasteiger partial charge in [-0.25, -0.2) is 0 Å². The number of aliphatic hydroxyl groups is 2. The third-order valence-electron chi connectivity index (χ3n) is 3.05. The summed E-state index contributed by atoms with van der Waals surface area (Å²) in [5.74, 6) is 5.47. The fraction of sp³-hybridized carbons (Fsp3) is 0.529. The van der Waals surface area contributed by atoms with Gasteiger partial charge < -0.3 is 10.2 Å². The smallest absolute Gasteiger partial charge is 0.115 e. The van der Waals surface area contributed by atoms with Gasteiger partial charge in [0.15, 0.2) is 0 Å². The van der Waals surface area contributed by atoms with Crippen LogP contribution in [-0.4, -0.2) is 22.4 Å². The van der Waals surface area contributed by atoms with Gasteiger partial charge >= 0.3 is 0 Å². The highest BCUT2D eigenvalue weighted by Crippen LogP contribution is 2.05. The van der Waals surface area contributed by atoms with E-state index in [9.17, 15) is 10.2 Å². The zero-order chi connectivity index (χ0) is 13.9. The summed E-state index contributed by atoms with van der Waals surface area (Å²) in [5, 5.41) is 19.4. The van der Waals surface area contributed by atoms with E-state index in [2.05, 4.69) is 18.8 Å². The van der Waals surface area contributed by atoms with E-state index in [-0.39, 0.29) is 0 Å². The van der Waals surface area contributed by atoms with Crippen LogP contribution in [0.3, 0.4) is 0 Å². The predicted molar refractivity (Wildman–Crippen MR) is 78.7 cm³/mol. The molecule has 0 heterocycles. The number of rotatable bonds is 7. The predicted octanol–water partition coefficient (Wildman–Crippen LogP) is 2.92. The summed E-state index contributed by atoms with van der Waals surface area (Å²) >= 11 is 0. The van der Waals surface area contributed by atoms with Crippen molar-refractivity contribution in [1.82, 2.24) is 0 Å². The van der Waals surface area contributed by atoms with Crippen LogP contribution in [0.5, 0.6) is 0 Å². The zero-order valence-corrected chi connectivity index (χ0v) is 11.7. The lowest BCUT2D eigenvalue weighted by atomic mass is 10.1. The summed E-state index contributed by atoms with van der Waals surface area (Å²) < 4.78 is 0. The second-order valence-electron chi connectivity index (χ2n) is 4.84. The van der Waals surface area contributed by atoms with Crippen LogP contribution in [0, 0.1) is 11.8 Å². The van der Waals surface area contributed by atoms with Gasteiger partial charge in [0.25, 0.3) is 0 Å². The Kier molecular flexibility index (Phi) is 7.97. The SMILES string of the molecule is CCCCCC(O)C#CC(O)CCc1ccccc1. The molecule has 2 nitrogen and oxygen atoms in total. The maximum Gasteiger partial charge on any atom is 0.115 e. The first-order chi connectivity index (χ1) is 9.22. The van der Waals surface area contributed by atoms with Gasteiger partial charge in [-0.15, -0.1) is 0 Å². The maximum atomic E-state index is 9.75. The highest BCUT2D eigenvalue weighted by atomic mass is 16.3. The number of aliphatic hydroxyl groups excluding tert-OH is 2. The minimum Gasteiger partial charge on any atom is -0.380 e. The summed E-state index contributed by atoms with van der Waals surface area (Å²) in [4.78, 5) is 0. The molecule has 0 aromatic heterocycles. The third-order valence-corrected chi connectivity index (χ3v) is 3.05. The molecule has 2 heteroatoms. The Bertz CT molecular complexity index is 389. The first-order valence-corrected chi connectivity index (χ1v) is 7.13. The van der Waals surface area contributed by atoms with Crippen LogP contribution >= 0.6 is 0 Å². The molecule has 0 radical (unpaired) electrons. The van der Waals surface area contributed by atoms with Gasteiger partial charge in [-0.1, -0.05) is 61.9 Å². The van der Waals surface area contributed by atoms with E-state index in [1.807, 2.05) is 30.3 Å². The maximum absolute atomic E-state index is 9.75. The molecule has 0 saturated heterocycles. The van der Waals surface area contributed by atoms with Gasteiger partial charge in [0.05, 0.1) is 0 Å². The van der Waals surface area contributed by atoms with E-state index in [0.29, 0.717) is 12.8 Å². The van der Waals surface area contributed by atoms with Crippen molar-refractivity contribution in [3.05, 3.63) is 35.9 Å². The lowest BCUT2D eigenvalue weighted by Gasteiger charge is -2.05. The number of hydrogen-bond acceptors (Lipinski definition) is 2. The van der Waals surface area contributed by atoms with Crippen LogP contribution in [-0.2, 0) is 6.42 Å². The molecular formula is C17H24O2. The Hall–Kier alpha value is -1.30. The molecule has 1 aromatic rings. The van der Waals surface area contributed by atoms with Gasteiger partial charge in [-0.3, -0.25) is 0 Å². The average Bonchev–Trinajstić information content (AvgIpc) is 2.44. The van der Waals surface area contributed by atoms with Crippen LogP contribution < -0.4 is 0 Å². The molecule has 0 amide bonds. The standard InChI is InChI=1S/C17H24O2/c1-2-3-5-10-16(18)13-14-17(19)12-11-15-8-6-4-7-9-15/h4,6-9,16-19H,2-3,5,10-12H2,1H3. The molecule has 0 spiro atoms. The Morgan fingerprint density at radius 1 is 0.947 bits per heavy atom. The molecule has 0 aliphatic carbocycles. The third kappa shape index (κ3) is 7.66. The molecule has 2 unspecified atom stereocenters. The molecule has 19 heavy (non-hydrogen) atoms. The lowest BCUT2D eigenvalue weighted by Crippen LogP contribution is -2.08. The topological polar surface area (TPSA) is 40.5 Å². The van der Waals surface area contributed by atoms with Crippen LogP contribution in [0.4, 0.5) is 0 Å². The first kappa shape index (κ1) is 15.8. The van der Waals surface area contributed by atoms with E-state index in [4.69, 9.17) is 0 Å². The molecule has 104 valence electrons. The molecule has 0 saturated carbocycles. The molecule has 1 aromatic carbocycles. The Balaban J connectivity index is 2.25. The summed E-state index contributed by atoms with van der Waals surface area (Å²) in [7, 11) is 0. The lowest BCUT2D eigenvalue weighted by molar-refractivity contribution is 0.209. The van der Waals surface area contributed by atoms with Crippen molar-refractivity contribution in [1.29, 1.82) is 0 Å². The molecular weight excluding hydrogens is 236 g/mol. The normalized spacial score (nSPS) is 13.4. The Morgan fingerprint density at radius 3 is 2.21 bits per heavy atom. The van der Waals surface area contributed by atoms with Crippen molar-refractivity contribution in [2.24, 2.45) is 0 Å². The highest BCUT2D eigenvalue weighted by molar-refractivity contribution is 5.16. The van der Waals surface area contributed by atoms with Crippen molar-refractivity contribution >= 4 is 0 Å². The monoisotopic (exact) mass is 260 g/mol. The van der Waals surface area contributed by atoms with Gasteiger partial charge in [-0.2, -0.15) is 0 Å². The first-order valence-electron chi connectivity index (χ1n) is 7.13. The van der Waals surface area contributed by atoms with Crippen molar-refractivity contribution in [3.63, 3.8) is 0 Å². The van der Waals surface area contributed by atoms with Gasteiger partial charge in [0, 0.05) is 0 Å². The molecule has 0 fully saturated rings. The molecule has 2 atom stereocenters. The zero-order valence-electron chi connectivity index (χ0n) is 11.7. The van der Waals surface area contributed by atoms with Crippen LogP contribution in [0.2, 0.25) is 0 Å². The van der Waals surface area contributed by atoms with E-state index in [1.165, 1.54) is 5.56 Å². The van der Waals surface area contributed by atoms with Crippen LogP contribution in [0.1, 0.15) is 44.6 Å². The molecule has 1 rings (SSSR count). The summed E-state index contributed by atoms with van der Waals surface area (Å²) in [6.07, 6.45) is 4.12. The van der Waals surface area contributed by atoms with Gasteiger partial charge in [-0.05, 0) is 31.2 Å². The molecule has 0 bridgehead atoms. The van der Waals surface area contributed by atoms with Gasteiger partial charge in [0.2, 0.25) is 0 Å². The number of hydrogen-bond donors (Lipinski definition) is 2. The highest BCUT2D eigenvalue weighted by Gasteiger charge is 2.02.